The van der Waals surface area contributed by atoms with E-state index < -0.39 is 0 Å². The fourth-order valence-corrected chi connectivity index (χ4v) is 3.03. The third-order valence-electron chi connectivity index (χ3n) is 4.53. The first-order chi connectivity index (χ1) is 9.60. The number of hydrogen-bond acceptors (Lipinski definition) is 4. The molecule has 4 heteroatoms. The Kier molecular flexibility index (Phi) is 5.58. The highest BCUT2D eigenvalue weighted by Gasteiger charge is 2.25. The molecule has 1 aromatic heterocycles. The normalized spacial score (nSPS) is 25.1. The van der Waals surface area contributed by atoms with Gasteiger partial charge in [0.1, 0.15) is 0 Å². The first-order valence-electron chi connectivity index (χ1n) is 8.16. The van der Waals surface area contributed by atoms with Gasteiger partial charge in [0.25, 0.3) is 0 Å². The van der Waals surface area contributed by atoms with Crippen LogP contribution in [0.5, 0.6) is 0 Å². The summed E-state index contributed by atoms with van der Waals surface area (Å²) in [5.41, 5.74) is 0. The fourth-order valence-electron chi connectivity index (χ4n) is 3.03. The minimum atomic E-state index is 0.416. The fraction of sp³-hybridized carbons (Fsp3) is 0.875. The lowest BCUT2D eigenvalue weighted by molar-refractivity contribution is 0.313. The second-order valence-corrected chi connectivity index (χ2v) is 6.62. The van der Waals surface area contributed by atoms with E-state index in [1.165, 1.54) is 25.7 Å². The van der Waals surface area contributed by atoms with Crippen LogP contribution < -0.4 is 5.32 Å². The van der Waals surface area contributed by atoms with Gasteiger partial charge in [-0.1, -0.05) is 45.7 Å². The van der Waals surface area contributed by atoms with Crippen molar-refractivity contribution in [3.8, 4) is 0 Å². The van der Waals surface area contributed by atoms with Crippen LogP contribution in [0.2, 0.25) is 0 Å². The number of likely N-dealkylation sites (N-methyl/N-ethyl adjacent to an activating group) is 1. The van der Waals surface area contributed by atoms with Gasteiger partial charge in [-0.2, -0.15) is 4.98 Å². The molecule has 20 heavy (non-hydrogen) atoms. The molecule has 0 saturated heterocycles. The standard InChI is InChI=1S/C16H29N3O/c1-5-17-14(11(2)3)10-15-18-16(19-20-15)13-8-6-12(4)7-9-13/h11-14,17H,5-10H2,1-4H3. The molecule has 0 radical (unpaired) electrons. The van der Waals surface area contributed by atoms with Crippen molar-refractivity contribution in [3.05, 3.63) is 11.7 Å². The van der Waals surface area contributed by atoms with E-state index in [-0.39, 0.29) is 0 Å². The number of rotatable bonds is 6. The van der Waals surface area contributed by atoms with Crippen LogP contribution in [0.4, 0.5) is 0 Å². The van der Waals surface area contributed by atoms with Crippen molar-refractivity contribution in [2.45, 2.75) is 71.8 Å². The summed E-state index contributed by atoms with van der Waals surface area (Å²) >= 11 is 0. The lowest BCUT2D eigenvalue weighted by Gasteiger charge is -2.23. The SMILES string of the molecule is CCNC(Cc1nc(C2CCC(C)CC2)no1)C(C)C. The molecule has 0 amide bonds. The molecule has 1 N–H and O–H groups in total. The molecule has 0 spiro atoms. The molecule has 0 aromatic carbocycles. The van der Waals surface area contributed by atoms with E-state index in [9.17, 15) is 0 Å². The van der Waals surface area contributed by atoms with E-state index in [0.29, 0.717) is 17.9 Å². The molecule has 0 aliphatic heterocycles. The van der Waals surface area contributed by atoms with Crippen molar-refractivity contribution in [2.24, 2.45) is 11.8 Å². The van der Waals surface area contributed by atoms with Crippen molar-refractivity contribution in [1.29, 1.82) is 0 Å². The van der Waals surface area contributed by atoms with Gasteiger partial charge in [0.15, 0.2) is 5.82 Å². The third-order valence-corrected chi connectivity index (χ3v) is 4.53. The van der Waals surface area contributed by atoms with Gasteiger partial charge in [-0.25, -0.2) is 0 Å². The minimum Gasteiger partial charge on any atom is -0.339 e. The lowest BCUT2D eigenvalue weighted by Crippen LogP contribution is -2.35. The summed E-state index contributed by atoms with van der Waals surface area (Å²) in [5.74, 6) is 3.67. The molecule has 1 saturated carbocycles. The van der Waals surface area contributed by atoms with Gasteiger partial charge in [-0.05, 0) is 31.2 Å². The van der Waals surface area contributed by atoms with Crippen LogP contribution in [-0.4, -0.2) is 22.7 Å². The summed E-state index contributed by atoms with van der Waals surface area (Å²) in [6.07, 6.45) is 5.84. The predicted molar refractivity (Wildman–Crippen MR) is 80.7 cm³/mol. The van der Waals surface area contributed by atoms with Crippen LogP contribution in [0.25, 0.3) is 0 Å². The van der Waals surface area contributed by atoms with Crippen molar-refractivity contribution < 1.29 is 4.52 Å². The van der Waals surface area contributed by atoms with E-state index in [4.69, 9.17) is 4.52 Å². The number of nitrogens with zero attached hydrogens (tertiary/aromatic N) is 2. The predicted octanol–water partition coefficient (Wildman–Crippen LogP) is 3.54. The second kappa shape index (κ2) is 7.21. The summed E-state index contributed by atoms with van der Waals surface area (Å²) in [6.45, 7) is 9.91. The van der Waals surface area contributed by atoms with Gasteiger partial charge in [-0.15, -0.1) is 0 Å². The Morgan fingerprint density at radius 2 is 1.95 bits per heavy atom. The van der Waals surface area contributed by atoms with E-state index in [1.54, 1.807) is 0 Å². The molecular formula is C16H29N3O. The molecule has 1 aliphatic carbocycles. The summed E-state index contributed by atoms with van der Waals surface area (Å²) in [6, 6.07) is 0.416. The van der Waals surface area contributed by atoms with Crippen LogP contribution in [0.3, 0.4) is 0 Å². The Balaban J connectivity index is 1.94. The Bertz CT molecular complexity index is 394. The van der Waals surface area contributed by atoms with Gasteiger partial charge in [0, 0.05) is 18.4 Å². The van der Waals surface area contributed by atoms with Crippen LogP contribution in [0, 0.1) is 11.8 Å². The smallest absolute Gasteiger partial charge is 0.228 e. The Hall–Kier alpha value is -0.900. The quantitative estimate of drug-likeness (QED) is 0.865. The van der Waals surface area contributed by atoms with Crippen LogP contribution >= 0.6 is 0 Å². The average Bonchev–Trinajstić information content (AvgIpc) is 2.87. The molecule has 0 bridgehead atoms. The van der Waals surface area contributed by atoms with Gasteiger partial charge in [-0.3, -0.25) is 0 Å². The Morgan fingerprint density at radius 1 is 1.25 bits per heavy atom. The minimum absolute atomic E-state index is 0.416. The van der Waals surface area contributed by atoms with Gasteiger partial charge < -0.3 is 9.84 Å². The first kappa shape index (κ1) is 15.5. The van der Waals surface area contributed by atoms with Crippen LogP contribution in [0.15, 0.2) is 4.52 Å². The zero-order chi connectivity index (χ0) is 14.5. The molecule has 1 fully saturated rings. The molecule has 2 rings (SSSR count). The van der Waals surface area contributed by atoms with Gasteiger partial charge in [0.05, 0.1) is 0 Å². The largest absolute Gasteiger partial charge is 0.339 e. The summed E-state index contributed by atoms with van der Waals surface area (Å²) in [7, 11) is 0. The number of nitrogens with one attached hydrogen (secondary N) is 1. The molecule has 1 aromatic rings. The van der Waals surface area contributed by atoms with Crippen LogP contribution in [0.1, 0.15) is 71.0 Å². The zero-order valence-corrected chi connectivity index (χ0v) is 13.4. The molecule has 4 nitrogen and oxygen atoms in total. The molecular weight excluding hydrogens is 250 g/mol. The number of hydrogen-bond donors (Lipinski definition) is 1. The summed E-state index contributed by atoms with van der Waals surface area (Å²) in [4.78, 5) is 4.65. The highest BCUT2D eigenvalue weighted by Crippen LogP contribution is 2.34. The van der Waals surface area contributed by atoms with E-state index in [0.717, 1.165) is 30.6 Å². The van der Waals surface area contributed by atoms with E-state index in [1.807, 2.05) is 0 Å². The molecule has 1 unspecified atom stereocenters. The van der Waals surface area contributed by atoms with Crippen molar-refractivity contribution >= 4 is 0 Å². The second-order valence-electron chi connectivity index (χ2n) is 6.62. The van der Waals surface area contributed by atoms with Crippen molar-refractivity contribution in [2.75, 3.05) is 6.54 Å². The maximum atomic E-state index is 5.47. The Morgan fingerprint density at radius 3 is 2.55 bits per heavy atom. The molecule has 1 aliphatic rings. The topological polar surface area (TPSA) is 51.0 Å². The molecule has 1 heterocycles. The average molecular weight is 279 g/mol. The van der Waals surface area contributed by atoms with E-state index in [2.05, 4.69) is 43.2 Å². The first-order valence-corrected chi connectivity index (χ1v) is 8.16. The third kappa shape index (κ3) is 4.05. The van der Waals surface area contributed by atoms with Gasteiger partial charge in [0.2, 0.25) is 5.89 Å². The highest BCUT2D eigenvalue weighted by atomic mass is 16.5. The van der Waals surface area contributed by atoms with Crippen molar-refractivity contribution in [3.63, 3.8) is 0 Å². The summed E-state index contributed by atoms with van der Waals surface area (Å²) in [5, 5.41) is 7.72. The van der Waals surface area contributed by atoms with Crippen molar-refractivity contribution in [1.82, 2.24) is 15.5 Å². The Labute approximate surface area is 122 Å². The monoisotopic (exact) mass is 279 g/mol. The molecule has 1 atom stereocenters. The zero-order valence-electron chi connectivity index (χ0n) is 13.4. The highest BCUT2D eigenvalue weighted by molar-refractivity contribution is 4.98. The number of aromatic nitrogens is 2. The lowest BCUT2D eigenvalue weighted by atomic mass is 9.83. The summed E-state index contributed by atoms with van der Waals surface area (Å²) < 4.78 is 5.47. The molecule has 114 valence electrons. The maximum absolute atomic E-state index is 5.47. The van der Waals surface area contributed by atoms with E-state index >= 15 is 0 Å². The van der Waals surface area contributed by atoms with Gasteiger partial charge >= 0.3 is 0 Å². The van der Waals surface area contributed by atoms with Crippen LogP contribution in [-0.2, 0) is 6.42 Å². The maximum Gasteiger partial charge on any atom is 0.228 e.